The lowest BCUT2D eigenvalue weighted by Gasteiger charge is -2.21. The summed E-state index contributed by atoms with van der Waals surface area (Å²) in [6, 6.07) is 16.2. The summed E-state index contributed by atoms with van der Waals surface area (Å²) in [5.74, 6) is 1.13. The molecule has 1 N–H and O–H groups in total. The third-order valence-corrected chi connectivity index (χ3v) is 6.03. The lowest BCUT2D eigenvalue weighted by molar-refractivity contribution is -0.119. The van der Waals surface area contributed by atoms with Crippen molar-refractivity contribution in [2.75, 3.05) is 29.4 Å². The zero-order valence-electron chi connectivity index (χ0n) is 14.4. The highest BCUT2D eigenvalue weighted by molar-refractivity contribution is 7.98. The molecule has 0 aliphatic rings. The highest BCUT2D eigenvalue weighted by atomic mass is 35.5. The number of para-hydroxylation sites is 1. The molecule has 0 spiro atoms. The minimum absolute atomic E-state index is 0.238. The van der Waals surface area contributed by atoms with E-state index in [1.807, 2.05) is 24.3 Å². The van der Waals surface area contributed by atoms with Crippen molar-refractivity contribution in [3.8, 4) is 0 Å². The first-order valence-electron chi connectivity index (χ1n) is 7.98. The van der Waals surface area contributed by atoms with Crippen molar-refractivity contribution in [3.63, 3.8) is 0 Å². The Labute approximate surface area is 163 Å². The van der Waals surface area contributed by atoms with E-state index >= 15 is 0 Å². The second kappa shape index (κ2) is 9.85. The summed E-state index contributed by atoms with van der Waals surface area (Å²) in [7, 11) is -3.54. The second-order valence-corrected chi connectivity index (χ2v) is 9.02. The molecule has 0 radical (unpaired) electrons. The van der Waals surface area contributed by atoms with Crippen molar-refractivity contribution in [3.05, 3.63) is 65.2 Å². The molecule has 1 amide bonds. The molecule has 140 valence electrons. The number of thioether (sulfide) groups is 1. The maximum atomic E-state index is 12.1. The highest BCUT2D eigenvalue weighted by Crippen LogP contribution is 2.20. The fourth-order valence-corrected chi connectivity index (χ4v) is 4.24. The largest absolute Gasteiger partial charge is 0.354 e. The summed E-state index contributed by atoms with van der Waals surface area (Å²) in [5, 5.41) is 3.49. The monoisotopic (exact) mass is 412 g/mol. The van der Waals surface area contributed by atoms with Crippen LogP contribution in [0.2, 0.25) is 5.02 Å². The van der Waals surface area contributed by atoms with Crippen LogP contribution in [-0.2, 0) is 20.6 Å². The molecule has 0 atom stereocenters. The van der Waals surface area contributed by atoms with Crippen LogP contribution < -0.4 is 9.62 Å². The number of carbonyl (C=O) groups is 1. The van der Waals surface area contributed by atoms with Gasteiger partial charge in [0.25, 0.3) is 0 Å². The lowest BCUT2D eigenvalue weighted by atomic mass is 10.2. The van der Waals surface area contributed by atoms with Crippen molar-refractivity contribution in [2.45, 2.75) is 5.75 Å². The van der Waals surface area contributed by atoms with Crippen molar-refractivity contribution in [1.29, 1.82) is 0 Å². The van der Waals surface area contributed by atoms with Crippen LogP contribution in [0.1, 0.15) is 5.56 Å². The molecule has 26 heavy (non-hydrogen) atoms. The van der Waals surface area contributed by atoms with Gasteiger partial charge in [0.05, 0.1) is 11.9 Å². The van der Waals surface area contributed by atoms with Gasteiger partial charge in [-0.05, 0) is 23.8 Å². The first kappa shape index (κ1) is 20.6. The summed E-state index contributed by atoms with van der Waals surface area (Å²) in [6.07, 6.45) is 1.09. The molecule has 0 aromatic heterocycles. The Morgan fingerprint density at radius 1 is 1.12 bits per heavy atom. The Morgan fingerprint density at radius 2 is 1.77 bits per heavy atom. The minimum Gasteiger partial charge on any atom is -0.354 e. The van der Waals surface area contributed by atoms with Gasteiger partial charge in [-0.1, -0.05) is 48.0 Å². The van der Waals surface area contributed by atoms with Crippen LogP contribution in [-0.4, -0.2) is 39.4 Å². The normalized spacial score (nSPS) is 11.2. The smallest absolute Gasteiger partial charge is 0.240 e. The third kappa shape index (κ3) is 6.55. The predicted molar refractivity (Wildman–Crippen MR) is 109 cm³/mol. The summed E-state index contributed by atoms with van der Waals surface area (Å²) in [5.41, 5.74) is 1.52. The van der Waals surface area contributed by atoms with Gasteiger partial charge in [0, 0.05) is 23.1 Å². The first-order chi connectivity index (χ1) is 12.4. The Bertz CT molecular complexity index is 829. The van der Waals surface area contributed by atoms with Gasteiger partial charge in [-0.2, -0.15) is 11.8 Å². The number of nitrogens with one attached hydrogen (secondary N) is 1. The molecule has 0 unspecified atom stereocenters. The number of rotatable bonds is 9. The van der Waals surface area contributed by atoms with Crippen molar-refractivity contribution in [1.82, 2.24) is 5.32 Å². The molecular formula is C18H21ClN2O3S2. The number of nitrogens with zero attached hydrogens (tertiary/aromatic N) is 1. The van der Waals surface area contributed by atoms with E-state index in [0.29, 0.717) is 18.0 Å². The first-order valence-corrected chi connectivity index (χ1v) is 11.4. The topological polar surface area (TPSA) is 66.5 Å². The van der Waals surface area contributed by atoms with E-state index < -0.39 is 10.0 Å². The van der Waals surface area contributed by atoms with Crippen LogP contribution in [0.25, 0.3) is 0 Å². The van der Waals surface area contributed by atoms with E-state index in [1.54, 1.807) is 42.1 Å². The molecule has 2 aromatic rings. The summed E-state index contributed by atoms with van der Waals surface area (Å²) in [4.78, 5) is 12.1. The van der Waals surface area contributed by atoms with Crippen LogP contribution in [0.15, 0.2) is 54.6 Å². The van der Waals surface area contributed by atoms with Crippen molar-refractivity contribution < 1.29 is 13.2 Å². The standard InChI is InChI=1S/C18H21ClN2O3S2/c1-26(23,24)21(16-8-3-2-4-9-16)13-18(22)20-11-12-25-14-15-7-5-6-10-17(15)19/h2-10H,11-14H2,1H3,(H,20,22). The molecular weight excluding hydrogens is 392 g/mol. The molecule has 5 nitrogen and oxygen atoms in total. The fraction of sp³-hybridized carbons (Fsp3) is 0.278. The predicted octanol–water partition coefficient (Wildman–Crippen LogP) is 3.16. The maximum absolute atomic E-state index is 12.1. The van der Waals surface area contributed by atoms with E-state index in [-0.39, 0.29) is 12.5 Å². The zero-order chi connectivity index (χ0) is 19.0. The van der Waals surface area contributed by atoms with Gasteiger partial charge < -0.3 is 5.32 Å². The average molecular weight is 413 g/mol. The van der Waals surface area contributed by atoms with Crippen LogP contribution in [0.4, 0.5) is 5.69 Å². The van der Waals surface area contributed by atoms with Gasteiger partial charge in [0.15, 0.2) is 0 Å². The van der Waals surface area contributed by atoms with E-state index in [4.69, 9.17) is 11.6 Å². The van der Waals surface area contributed by atoms with Gasteiger partial charge >= 0.3 is 0 Å². The van der Waals surface area contributed by atoms with Crippen LogP contribution in [0.3, 0.4) is 0 Å². The van der Waals surface area contributed by atoms with E-state index in [1.165, 1.54) is 0 Å². The molecule has 0 heterocycles. The Morgan fingerprint density at radius 3 is 2.42 bits per heavy atom. The summed E-state index contributed by atoms with van der Waals surface area (Å²) < 4.78 is 25.0. The molecule has 8 heteroatoms. The number of benzene rings is 2. The van der Waals surface area contributed by atoms with Crippen LogP contribution >= 0.6 is 23.4 Å². The van der Waals surface area contributed by atoms with Gasteiger partial charge in [-0.25, -0.2) is 8.42 Å². The second-order valence-electron chi connectivity index (χ2n) is 5.60. The highest BCUT2D eigenvalue weighted by Gasteiger charge is 2.20. The van der Waals surface area contributed by atoms with Crippen LogP contribution in [0, 0.1) is 0 Å². The van der Waals surface area contributed by atoms with E-state index in [2.05, 4.69) is 5.32 Å². The molecule has 0 aliphatic heterocycles. The molecule has 0 saturated heterocycles. The molecule has 0 saturated carbocycles. The number of hydrogen-bond donors (Lipinski definition) is 1. The van der Waals surface area contributed by atoms with E-state index in [0.717, 1.165) is 26.9 Å². The SMILES string of the molecule is CS(=O)(=O)N(CC(=O)NCCSCc1ccccc1Cl)c1ccccc1. The summed E-state index contributed by atoms with van der Waals surface area (Å²) >= 11 is 7.75. The van der Waals surface area contributed by atoms with Gasteiger partial charge in [-0.3, -0.25) is 9.10 Å². The number of amides is 1. The lowest BCUT2D eigenvalue weighted by Crippen LogP contribution is -2.41. The molecule has 2 aromatic carbocycles. The average Bonchev–Trinajstić information content (AvgIpc) is 2.60. The van der Waals surface area contributed by atoms with Gasteiger partial charge in [0.1, 0.15) is 6.54 Å². The van der Waals surface area contributed by atoms with Crippen molar-refractivity contribution in [2.24, 2.45) is 0 Å². The summed E-state index contributed by atoms with van der Waals surface area (Å²) in [6.45, 7) is 0.221. The molecule has 2 rings (SSSR count). The number of halogens is 1. The fourth-order valence-electron chi connectivity index (χ4n) is 2.24. The van der Waals surface area contributed by atoms with E-state index in [9.17, 15) is 13.2 Å². The minimum atomic E-state index is -3.54. The number of sulfonamides is 1. The zero-order valence-corrected chi connectivity index (χ0v) is 16.8. The Hall–Kier alpha value is -1.70. The number of carbonyl (C=O) groups excluding carboxylic acids is 1. The molecule has 0 bridgehead atoms. The van der Waals surface area contributed by atoms with Gasteiger partial charge in [0.2, 0.25) is 15.9 Å². The quantitative estimate of drug-likeness (QED) is 0.642. The van der Waals surface area contributed by atoms with Crippen LogP contribution in [0.5, 0.6) is 0 Å². The Kier molecular flexibility index (Phi) is 7.81. The molecule has 0 fully saturated rings. The number of hydrogen-bond acceptors (Lipinski definition) is 4. The number of anilines is 1. The third-order valence-electron chi connectivity index (χ3n) is 3.52. The molecule has 0 aliphatic carbocycles. The maximum Gasteiger partial charge on any atom is 0.240 e. The van der Waals surface area contributed by atoms with Crippen molar-refractivity contribution >= 4 is 45.0 Å². The van der Waals surface area contributed by atoms with Gasteiger partial charge in [-0.15, -0.1) is 0 Å². The Balaban J connectivity index is 1.79.